The number of hydrogen-bond acceptors (Lipinski definition) is 3. The molecule has 0 amide bonds. The molecule has 1 aliphatic rings. The minimum atomic E-state index is -3.39. The Labute approximate surface area is 127 Å². The van der Waals surface area contributed by atoms with Gasteiger partial charge in [-0.15, -0.1) is 0 Å². The van der Waals surface area contributed by atoms with Gasteiger partial charge in [-0.2, -0.15) is 17.4 Å². The monoisotopic (exact) mass is 311 g/mol. The lowest BCUT2D eigenvalue weighted by Gasteiger charge is -2.20. The Morgan fingerprint density at radius 1 is 1.24 bits per heavy atom. The lowest BCUT2D eigenvalue weighted by Crippen LogP contribution is -2.44. The van der Waals surface area contributed by atoms with Crippen molar-refractivity contribution < 1.29 is 8.42 Å². The van der Waals surface area contributed by atoms with Crippen LogP contribution in [0.25, 0.3) is 0 Å². The average Bonchev–Trinajstić information content (AvgIpc) is 2.84. The second-order valence-electron chi connectivity index (χ2n) is 5.53. The van der Waals surface area contributed by atoms with E-state index in [1.54, 1.807) is 7.05 Å². The number of benzene rings is 1. The summed E-state index contributed by atoms with van der Waals surface area (Å²) in [7, 11) is -1.76. The number of nitrogens with zero attached hydrogens (tertiary/aromatic N) is 1. The lowest BCUT2D eigenvalue weighted by molar-refractivity contribution is 0.437. The first kappa shape index (κ1) is 16.4. The molecule has 21 heavy (non-hydrogen) atoms. The van der Waals surface area contributed by atoms with Crippen LogP contribution in [0, 0.1) is 0 Å². The summed E-state index contributed by atoms with van der Waals surface area (Å²) in [6.07, 6.45) is 2.37. The summed E-state index contributed by atoms with van der Waals surface area (Å²) in [5, 5.41) is 3.20. The van der Waals surface area contributed by atoms with Gasteiger partial charge in [0.15, 0.2) is 0 Å². The van der Waals surface area contributed by atoms with Gasteiger partial charge in [-0.3, -0.25) is 0 Å². The Bertz CT molecular complexity index is 535. The second-order valence-corrected chi connectivity index (χ2v) is 7.33. The molecule has 0 aromatic heterocycles. The largest absolute Gasteiger partial charge is 0.317 e. The summed E-state index contributed by atoms with van der Waals surface area (Å²) >= 11 is 0. The molecular formula is C15H25N3O2S. The van der Waals surface area contributed by atoms with Gasteiger partial charge in [0.1, 0.15) is 0 Å². The maximum atomic E-state index is 12.3. The maximum Gasteiger partial charge on any atom is 0.279 e. The first-order valence-corrected chi connectivity index (χ1v) is 8.98. The van der Waals surface area contributed by atoms with E-state index in [0.717, 1.165) is 32.4 Å². The molecule has 5 nitrogen and oxygen atoms in total. The quantitative estimate of drug-likeness (QED) is 0.702. The van der Waals surface area contributed by atoms with Gasteiger partial charge < -0.3 is 5.32 Å². The van der Waals surface area contributed by atoms with Crippen LogP contribution in [0.15, 0.2) is 24.3 Å². The van der Waals surface area contributed by atoms with Crippen LogP contribution in [0.3, 0.4) is 0 Å². The predicted molar refractivity (Wildman–Crippen MR) is 85.5 cm³/mol. The Morgan fingerprint density at radius 2 is 1.86 bits per heavy atom. The zero-order valence-corrected chi connectivity index (χ0v) is 13.6. The minimum Gasteiger partial charge on any atom is -0.317 e. The summed E-state index contributed by atoms with van der Waals surface area (Å²) < 4.78 is 28.8. The van der Waals surface area contributed by atoms with Crippen LogP contribution in [0.2, 0.25) is 0 Å². The Balaban J connectivity index is 1.84. The first-order valence-electron chi connectivity index (χ1n) is 7.54. The fourth-order valence-corrected chi connectivity index (χ4v) is 3.80. The van der Waals surface area contributed by atoms with Crippen molar-refractivity contribution in [2.75, 3.05) is 26.7 Å². The van der Waals surface area contributed by atoms with Crippen molar-refractivity contribution in [3.8, 4) is 0 Å². The van der Waals surface area contributed by atoms with Crippen molar-refractivity contribution in [1.29, 1.82) is 0 Å². The van der Waals surface area contributed by atoms with Gasteiger partial charge >= 0.3 is 0 Å². The Hall–Kier alpha value is -0.950. The van der Waals surface area contributed by atoms with E-state index in [4.69, 9.17) is 0 Å². The SMILES string of the molecule is CCNCCCN(C)S(=O)(=O)NC1Cc2ccccc2C1. The van der Waals surface area contributed by atoms with Gasteiger partial charge in [0.05, 0.1) is 0 Å². The third-order valence-electron chi connectivity index (χ3n) is 3.85. The van der Waals surface area contributed by atoms with Crippen LogP contribution in [-0.4, -0.2) is 45.4 Å². The van der Waals surface area contributed by atoms with Gasteiger partial charge in [-0.1, -0.05) is 31.2 Å². The van der Waals surface area contributed by atoms with Gasteiger partial charge in [-0.25, -0.2) is 0 Å². The molecule has 2 N–H and O–H groups in total. The molecule has 0 radical (unpaired) electrons. The van der Waals surface area contributed by atoms with E-state index >= 15 is 0 Å². The molecule has 0 spiro atoms. The van der Waals surface area contributed by atoms with E-state index < -0.39 is 10.2 Å². The average molecular weight is 311 g/mol. The van der Waals surface area contributed by atoms with Crippen molar-refractivity contribution >= 4 is 10.2 Å². The second kappa shape index (κ2) is 7.35. The van der Waals surface area contributed by atoms with E-state index in [0.29, 0.717) is 6.54 Å². The number of nitrogens with one attached hydrogen (secondary N) is 2. The Kier molecular flexibility index (Phi) is 5.75. The summed E-state index contributed by atoms with van der Waals surface area (Å²) in [5.74, 6) is 0. The van der Waals surface area contributed by atoms with E-state index in [-0.39, 0.29) is 6.04 Å². The van der Waals surface area contributed by atoms with Gasteiger partial charge in [-0.05, 0) is 43.5 Å². The standard InChI is InChI=1S/C15H25N3O2S/c1-3-16-9-6-10-18(2)21(19,20)17-15-11-13-7-4-5-8-14(13)12-15/h4-5,7-8,15-17H,3,6,9-12H2,1-2H3. The summed E-state index contributed by atoms with van der Waals surface area (Å²) in [6, 6.07) is 8.13. The smallest absolute Gasteiger partial charge is 0.279 e. The van der Waals surface area contributed by atoms with E-state index in [1.165, 1.54) is 15.4 Å². The molecule has 1 aromatic rings. The normalized spacial score (nSPS) is 15.6. The van der Waals surface area contributed by atoms with Gasteiger partial charge in [0.2, 0.25) is 0 Å². The van der Waals surface area contributed by atoms with Crippen molar-refractivity contribution in [2.24, 2.45) is 0 Å². The first-order chi connectivity index (χ1) is 10.0. The highest BCUT2D eigenvalue weighted by atomic mass is 32.2. The molecule has 0 unspecified atom stereocenters. The highest BCUT2D eigenvalue weighted by Gasteiger charge is 2.27. The Morgan fingerprint density at radius 3 is 2.43 bits per heavy atom. The van der Waals surface area contributed by atoms with Crippen molar-refractivity contribution in [1.82, 2.24) is 14.3 Å². The molecule has 0 aliphatic heterocycles. The van der Waals surface area contributed by atoms with Gasteiger partial charge in [0.25, 0.3) is 10.2 Å². The highest BCUT2D eigenvalue weighted by Crippen LogP contribution is 2.22. The molecular weight excluding hydrogens is 286 g/mol. The lowest BCUT2D eigenvalue weighted by atomic mass is 10.1. The molecule has 1 aliphatic carbocycles. The van der Waals surface area contributed by atoms with Crippen LogP contribution in [-0.2, 0) is 23.1 Å². The van der Waals surface area contributed by atoms with Crippen LogP contribution in [0.4, 0.5) is 0 Å². The number of fused-ring (bicyclic) bond motifs is 1. The molecule has 118 valence electrons. The molecule has 1 aromatic carbocycles. The molecule has 0 fully saturated rings. The zero-order chi connectivity index (χ0) is 15.3. The topological polar surface area (TPSA) is 61.4 Å². The maximum absolute atomic E-state index is 12.3. The minimum absolute atomic E-state index is 0.0244. The zero-order valence-electron chi connectivity index (χ0n) is 12.8. The highest BCUT2D eigenvalue weighted by molar-refractivity contribution is 7.87. The van der Waals surface area contributed by atoms with Crippen LogP contribution < -0.4 is 10.0 Å². The molecule has 0 heterocycles. The van der Waals surface area contributed by atoms with Crippen LogP contribution in [0.5, 0.6) is 0 Å². The molecule has 2 rings (SSSR count). The van der Waals surface area contributed by atoms with E-state index in [2.05, 4.69) is 22.2 Å². The molecule has 0 atom stereocenters. The summed E-state index contributed by atoms with van der Waals surface area (Å²) in [4.78, 5) is 0. The van der Waals surface area contributed by atoms with Crippen molar-refractivity contribution in [3.05, 3.63) is 35.4 Å². The third-order valence-corrected chi connectivity index (χ3v) is 5.49. The predicted octanol–water partition coefficient (Wildman–Crippen LogP) is 0.920. The van der Waals surface area contributed by atoms with Crippen molar-refractivity contribution in [2.45, 2.75) is 32.2 Å². The molecule has 6 heteroatoms. The van der Waals surface area contributed by atoms with Crippen molar-refractivity contribution in [3.63, 3.8) is 0 Å². The third kappa shape index (κ3) is 4.51. The fourth-order valence-electron chi connectivity index (χ4n) is 2.67. The van der Waals surface area contributed by atoms with Crippen LogP contribution >= 0.6 is 0 Å². The fraction of sp³-hybridized carbons (Fsp3) is 0.600. The number of rotatable bonds is 8. The number of hydrogen-bond donors (Lipinski definition) is 2. The van der Waals surface area contributed by atoms with Gasteiger partial charge in [0, 0.05) is 19.6 Å². The van der Waals surface area contributed by atoms with E-state index in [1.807, 2.05) is 19.1 Å². The molecule has 0 bridgehead atoms. The molecule has 0 saturated carbocycles. The molecule has 0 saturated heterocycles. The summed E-state index contributed by atoms with van der Waals surface area (Å²) in [5.41, 5.74) is 2.50. The van der Waals surface area contributed by atoms with E-state index in [9.17, 15) is 8.42 Å². The summed E-state index contributed by atoms with van der Waals surface area (Å²) in [6.45, 7) is 4.32. The van der Waals surface area contributed by atoms with Crippen LogP contribution in [0.1, 0.15) is 24.5 Å².